The molecule has 6 nitrogen and oxygen atoms in total. The molecule has 0 saturated heterocycles. The molecule has 146 valence electrons. The number of hydrogen-bond donors (Lipinski definition) is 1. The molecule has 0 spiro atoms. The summed E-state index contributed by atoms with van der Waals surface area (Å²) < 4.78 is 6.75. The van der Waals surface area contributed by atoms with Crippen molar-refractivity contribution in [2.75, 3.05) is 12.4 Å². The molecule has 1 aliphatic carbocycles. The minimum absolute atomic E-state index is 0.222. The van der Waals surface area contributed by atoms with Gasteiger partial charge in [-0.2, -0.15) is 5.10 Å². The van der Waals surface area contributed by atoms with E-state index in [1.807, 2.05) is 12.1 Å². The number of carbonyl (C=O) groups is 1. The van der Waals surface area contributed by atoms with E-state index in [0.29, 0.717) is 29.0 Å². The second-order valence-corrected chi connectivity index (χ2v) is 6.96. The van der Waals surface area contributed by atoms with Gasteiger partial charge >= 0.3 is 0 Å². The molecule has 1 amide bonds. The van der Waals surface area contributed by atoms with E-state index in [4.69, 9.17) is 4.74 Å². The zero-order valence-corrected chi connectivity index (χ0v) is 16.3. The predicted molar refractivity (Wildman–Crippen MR) is 112 cm³/mol. The Labute approximate surface area is 169 Å². The molecular weight excluding hydrogens is 364 g/mol. The lowest BCUT2D eigenvalue weighted by Gasteiger charge is -2.21. The Kier molecular flexibility index (Phi) is 5.24. The van der Waals surface area contributed by atoms with Crippen LogP contribution in [0.4, 0.5) is 5.69 Å². The van der Waals surface area contributed by atoms with Gasteiger partial charge < -0.3 is 10.1 Å². The summed E-state index contributed by atoms with van der Waals surface area (Å²) in [6.45, 7) is 2.20. The SMILES string of the molecule is COc1ccnc(-n2cc(C(=O)Nc3ccc(C4C=CC=CC4C)cc3)cn2)c1. The highest BCUT2D eigenvalue weighted by Crippen LogP contribution is 2.30. The normalized spacial score (nSPS) is 17.9. The van der Waals surface area contributed by atoms with Gasteiger partial charge in [0.2, 0.25) is 0 Å². The maximum Gasteiger partial charge on any atom is 0.258 e. The molecule has 3 aromatic rings. The van der Waals surface area contributed by atoms with Gasteiger partial charge in [0.05, 0.1) is 18.9 Å². The second kappa shape index (κ2) is 8.14. The number of benzene rings is 1. The third kappa shape index (κ3) is 4.11. The minimum atomic E-state index is -0.222. The summed E-state index contributed by atoms with van der Waals surface area (Å²) >= 11 is 0. The summed E-state index contributed by atoms with van der Waals surface area (Å²) in [4.78, 5) is 16.8. The first-order chi connectivity index (χ1) is 14.1. The van der Waals surface area contributed by atoms with Gasteiger partial charge in [0.25, 0.3) is 5.91 Å². The highest BCUT2D eigenvalue weighted by atomic mass is 16.5. The first kappa shape index (κ1) is 18.7. The molecule has 0 saturated carbocycles. The Morgan fingerprint density at radius 2 is 1.93 bits per heavy atom. The van der Waals surface area contributed by atoms with E-state index in [-0.39, 0.29) is 5.91 Å². The summed E-state index contributed by atoms with van der Waals surface area (Å²) in [5, 5.41) is 7.15. The smallest absolute Gasteiger partial charge is 0.258 e. The lowest BCUT2D eigenvalue weighted by Crippen LogP contribution is -2.12. The van der Waals surface area contributed by atoms with Crippen molar-refractivity contribution in [2.45, 2.75) is 12.8 Å². The summed E-state index contributed by atoms with van der Waals surface area (Å²) in [5.41, 5.74) is 2.43. The van der Waals surface area contributed by atoms with Crippen molar-refractivity contribution in [3.63, 3.8) is 0 Å². The highest BCUT2D eigenvalue weighted by Gasteiger charge is 2.16. The predicted octanol–water partition coefficient (Wildman–Crippen LogP) is 4.37. The van der Waals surface area contributed by atoms with Crippen LogP contribution in [0.25, 0.3) is 5.82 Å². The average Bonchev–Trinajstić information content (AvgIpc) is 3.25. The van der Waals surface area contributed by atoms with Crippen LogP contribution in [0.1, 0.15) is 28.8 Å². The zero-order valence-electron chi connectivity index (χ0n) is 16.3. The Balaban J connectivity index is 1.45. The molecule has 0 aliphatic heterocycles. The van der Waals surface area contributed by atoms with Gasteiger partial charge in [0.15, 0.2) is 5.82 Å². The van der Waals surface area contributed by atoms with Gasteiger partial charge in [-0.1, -0.05) is 43.4 Å². The molecule has 2 heterocycles. The summed E-state index contributed by atoms with van der Waals surface area (Å²) in [7, 11) is 1.59. The van der Waals surface area contributed by atoms with E-state index in [0.717, 1.165) is 5.69 Å². The number of hydrogen-bond acceptors (Lipinski definition) is 4. The molecular formula is C23H22N4O2. The fourth-order valence-electron chi connectivity index (χ4n) is 3.34. The van der Waals surface area contributed by atoms with E-state index < -0.39 is 0 Å². The van der Waals surface area contributed by atoms with Crippen LogP contribution in [0.15, 0.2) is 79.3 Å². The van der Waals surface area contributed by atoms with Crippen LogP contribution >= 0.6 is 0 Å². The summed E-state index contributed by atoms with van der Waals surface area (Å²) in [6.07, 6.45) is 13.4. The van der Waals surface area contributed by atoms with E-state index in [9.17, 15) is 4.79 Å². The van der Waals surface area contributed by atoms with Gasteiger partial charge in [0, 0.05) is 30.1 Å². The fourth-order valence-corrected chi connectivity index (χ4v) is 3.34. The first-order valence-electron chi connectivity index (χ1n) is 9.45. The van der Waals surface area contributed by atoms with E-state index in [1.165, 1.54) is 11.8 Å². The number of ether oxygens (including phenoxy) is 1. The Hall–Kier alpha value is -3.67. The molecule has 4 rings (SSSR count). The van der Waals surface area contributed by atoms with E-state index in [2.05, 4.69) is 58.8 Å². The number of pyridine rings is 1. The molecule has 1 N–H and O–H groups in total. The number of amides is 1. The number of allylic oxidation sites excluding steroid dienone is 4. The van der Waals surface area contributed by atoms with Crippen LogP contribution in [-0.4, -0.2) is 27.8 Å². The first-order valence-corrected chi connectivity index (χ1v) is 9.45. The number of anilines is 1. The van der Waals surface area contributed by atoms with Gasteiger partial charge in [-0.3, -0.25) is 4.79 Å². The highest BCUT2D eigenvalue weighted by molar-refractivity contribution is 6.04. The largest absolute Gasteiger partial charge is 0.497 e. The van der Waals surface area contributed by atoms with Crippen LogP contribution in [0.3, 0.4) is 0 Å². The number of methoxy groups -OCH3 is 1. The molecule has 2 unspecified atom stereocenters. The topological polar surface area (TPSA) is 69.0 Å². The van der Waals surface area contributed by atoms with Gasteiger partial charge in [-0.25, -0.2) is 9.67 Å². The van der Waals surface area contributed by atoms with Gasteiger partial charge in [-0.05, 0) is 29.7 Å². The number of nitrogens with zero attached hydrogens (tertiary/aromatic N) is 3. The van der Waals surface area contributed by atoms with Crippen molar-refractivity contribution in [3.8, 4) is 11.6 Å². The zero-order chi connectivity index (χ0) is 20.2. The van der Waals surface area contributed by atoms with Crippen molar-refractivity contribution in [2.24, 2.45) is 5.92 Å². The van der Waals surface area contributed by atoms with Crippen LogP contribution in [0.2, 0.25) is 0 Å². The van der Waals surface area contributed by atoms with Crippen LogP contribution in [-0.2, 0) is 0 Å². The quantitative estimate of drug-likeness (QED) is 0.707. The van der Waals surface area contributed by atoms with Crippen LogP contribution in [0.5, 0.6) is 5.75 Å². The van der Waals surface area contributed by atoms with Crippen LogP contribution < -0.4 is 10.1 Å². The molecule has 0 radical (unpaired) electrons. The monoisotopic (exact) mass is 386 g/mol. The molecule has 1 aliphatic rings. The number of carbonyl (C=O) groups excluding carboxylic acids is 1. The van der Waals surface area contributed by atoms with Gasteiger partial charge in [-0.15, -0.1) is 0 Å². The van der Waals surface area contributed by atoms with E-state index in [1.54, 1.807) is 36.3 Å². The summed E-state index contributed by atoms with van der Waals surface area (Å²) in [6, 6.07) is 11.5. The molecule has 6 heteroatoms. The number of nitrogens with one attached hydrogen (secondary N) is 1. The maximum atomic E-state index is 12.6. The molecule has 1 aromatic carbocycles. The Morgan fingerprint density at radius 1 is 1.14 bits per heavy atom. The molecule has 2 aromatic heterocycles. The minimum Gasteiger partial charge on any atom is -0.497 e. The molecule has 0 fully saturated rings. The van der Waals surface area contributed by atoms with Crippen molar-refractivity contribution < 1.29 is 9.53 Å². The van der Waals surface area contributed by atoms with E-state index >= 15 is 0 Å². The van der Waals surface area contributed by atoms with Gasteiger partial charge in [0.1, 0.15) is 5.75 Å². The van der Waals surface area contributed by atoms with Crippen molar-refractivity contribution in [1.29, 1.82) is 0 Å². The summed E-state index contributed by atoms with van der Waals surface area (Å²) in [5.74, 6) is 1.85. The Bertz CT molecular complexity index is 1070. The second-order valence-electron chi connectivity index (χ2n) is 6.96. The lowest BCUT2D eigenvalue weighted by atomic mass is 9.84. The Morgan fingerprint density at radius 3 is 2.69 bits per heavy atom. The number of rotatable bonds is 5. The third-order valence-corrected chi connectivity index (χ3v) is 5.00. The average molecular weight is 386 g/mol. The number of aromatic nitrogens is 3. The standard InChI is InChI=1S/C23H22N4O2/c1-16-5-3-4-6-21(16)17-7-9-19(10-8-17)26-23(28)18-14-25-27(15-18)22-13-20(29-2)11-12-24-22/h3-16,21H,1-2H3,(H,26,28). The van der Waals surface area contributed by atoms with Crippen molar-refractivity contribution in [3.05, 3.63) is 90.4 Å². The molecule has 0 bridgehead atoms. The molecule has 2 atom stereocenters. The van der Waals surface area contributed by atoms with Crippen LogP contribution in [0, 0.1) is 5.92 Å². The fraction of sp³-hybridized carbons (Fsp3) is 0.174. The van der Waals surface area contributed by atoms with Crippen molar-refractivity contribution >= 4 is 11.6 Å². The third-order valence-electron chi connectivity index (χ3n) is 5.00. The maximum absolute atomic E-state index is 12.6. The lowest BCUT2D eigenvalue weighted by molar-refractivity contribution is 0.102. The van der Waals surface area contributed by atoms with Crippen molar-refractivity contribution in [1.82, 2.24) is 14.8 Å². The molecule has 29 heavy (non-hydrogen) atoms.